The first-order chi connectivity index (χ1) is 7.77. The third-order valence-corrected chi connectivity index (χ3v) is 2.51. The van der Waals surface area contributed by atoms with E-state index in [1.807, 2.05) is 30.5 Å². The second kappa shape index (κ2) is 5.07. The van der Waals surface area contributed by atoms with Gasteiger partial charge in [-0.2, -0.15) is 8.78 Å². The fourth-order valence-corrected chi connectivity index (χ4v) is 1.77. The van der Waals surface area contributed by atoms with Gasteiger partial charge in [0.15, 0.2) is 0 Å². The molecule has 86 valence electrons. The maximum Gasteiger partial charge on any atom is 0.345 e. The molecule has 4 heteroatoms. The van der Waals surface area contributed by atoms with Crippen molar-refractivity contribution in [3.05, 3.63) is 36.0 Å². The maximum atomic E-state index is 11.7. The normalized spacial score (nSPS) is 11.4. The summed E-state index contributed by atoms with van der Waals surface area (Å²) in [6, 6.07) is 7.95. The summed E-state index contributed by atoms with van der Waals surface area (Å²) < 4.78 is 27.7. The molecule has 1 N–H and O–H groups in total. The average molecular weight is 225 g/mol. The van der Waals surface area contributed by atoms with Gasteiger partial charge in [0.1, 0.15) is 0 Å². The Morgan fingerprint density at radius 1 is 1.25 bits per heavy atom. The van der Waals surface area contributed by atoms with Crippen LogP contribution >= 0.6 is 0 Å². The minimum Gasteiger partial charge on any atom is -0.361 e. The van der Waals surface area contributed by atoms with E-state index in [4.69, 9.17) is 0 Å². The summed E-state index contributed by atoms with van der Waals surface area (Å²) >= 11 is 0. The Balaban J connectivity index is 1.94. The Kier molecular flexibility index (Phi) is 3.51. The first-order valence-corrected chi connectivity index (χ1v) is 5.22. The molecule has 16 heavy (non-hydrogen) atoms. The number of rotatable bonds is 5. The van der Waals surface area contributed by atoms with E-state index in [2.05, 4.69) is 9.72 Å². The first-order valence-electron chi connectivity index (χ1n) is 5.22. The second-order valence-electron chi connectivity index (χ2n) is 3.59. The molecule has 2 aromatic rings. The Bertz CT molecular complexity index is 453. The average Bonchev–Trinajstić information content (AvgIpc) is 2.68. The van der Waals surface area contributed by atoms with Crippen molar-refractivity contribution in [2.24, 2.45) is 0 Å². The van der Waals surface area contributed by atoms with Crippen LogP contribution in [0.1, 0.15) is 12.0 Å². The number of hydrogen-bond acceptors (Lipinski definition) is 1. The molecular formula is C12H13F2NO. The number of para-hydroxylation sites is 1. The molecule has 0 saturated carbocycles. The predicted molar refractivity (Wildman–Crippen MR) is 58.6 cm³/mol. The molecule has 1 heterocycles. The molecule has 1 aromatic heterocycles. The fourth-order valence-electron chi connectivity index (χ4n) is 1.77. The molecular weight excluding hydrogens is 212 g/mol. The number of hydrogen-bond donors (Lipinski definition) is 1. The standard InChI is InChI=1S/C12H13F2NO/c13-12(14)16-7-3-4-9-8-15-11-6-2-1-5-10(9)11/h1-2,5-6,8,12,15H,3-4,7H2. The highest BCUT2D eigenvalue weighted by molar-refractivity contribution is 5.82. The van der Waals surface area contributed by atoms with Gasteiger partial charge in [-0.05, 0) is 24.5 Å². The van der Waals surface area contributed by atoms with Crippen LogP contribution in [0.15, 0.2) is 30.5 Å². The Hall–Kier alpha value is -1.42. The van der Waals surface area contributed by atoms with Gasteiger partial charge in [-0.3, -0.25) is 0 Å². The second-order valence-corrected chi connectivity index (χ2v) is 3.59. The van der Waals surface area contributed by atoms with Gasteiger partial charge in [-0.1, -0.05) is 18.2 Å². The largest absolute Gasteiger partial charge is 0.361 e. The van der Waals surface area contributed by atoms with Crippen LogP contribution in [0.5, 0.6) is 0 Å². The van der Waals surface area contributed by atoms with Crippen molar-refractivity contribution >= 4 is 10.9 Å². The van der Waals surface area contributed by atoms with Gasteiger partial charge >= 0.3 is 6.61 Å². The molecule has 0 bridgehead atoms. The topological polar surface area (TPSA) is 25.0 Å². The van der Waals surface area contributed by atoms with Crippen LogP contribution in [0.4, 0.5) is 8.78 Å². The highest BCUT2D eigenvalue weighted by Gasteiger charge is 2.04. The molecule has 0 radical (unpaired) electrons. The van der Waals surface area contributed by atoms with Gasteiger partial charge in [0.25, 0.3) is 0 Å². The lowest BCUT2D eigenvalue weighted by atomic mass is 10.1. The number of nitrogens with one attached hydrogen (secondary N) is 1. The Labute approximate surface area is 92.2 Å². The quantitative estimate of drug-likeness (QED) is 0.775. The molecule has 0 aliphatic heterocycles. The smallest absolute Gasteiger partial charge is 0.345 e. The molecule has 0 aliphatic carbocycles. The molecule has 1 aromatic carbocycles. The van der Waals surface area contributed by atoms with E-state index >= 15 is 0 Å². The number of alkyl halides is 2. The molecule has 0 unspecified atom stereocenters. The lowest BCUT2D eigenvalue weighted by molar-refractivity contribution is -0.129. The Morgan fingerprint density at radius 3 is 2.88 bits per heavy atom. The minimum atomic E-state index is -2.66. The van der Waals surface area contributed by atoms with Crippen molar-refractivity contribution in [2.45, 2.75) is 19.5 Å². The summed E-state index contributed by atoms with van der Waals surface area (Å²) in [6.07, 6.45) is 3.27. The van der Waals surface area contributed by atoms with Gasteiger partial charge in [0, 0.05) is 17.1 Å². The number of aromatic amines is 1. The third kappa shape index (κ3) is 2.58. The van der Waals surface area contributed by atoms with Crippen LogP contribution < -0.4 is 0 Å². The van der Waals surface area contributed by atoms with Gasteiger partial charge in [0.05, 0.1) is 6.61 Å². The molecule has 0 amide bonds. The van der Waals surface area contributed by atoms with Crippen LogP contribution in [-0.4, -0.2) is 18.2 Å². The first kappa shape index (κ1) is 11.1. The number of ether oxygens (including phenoxy) is 1. The zero-order chi connectivity index (χ0) is 11.4. The molecule has 0 spiro atoms. The summed E-state index contributed by atoms with van der Waals surface area (Å²) in [5.74, 6) is 0. The van der Waals surface area contributed by atoms with Crippen LogP contribution in [0, 0.1) is 0 Å². The van der Waals surface area contributed by atoms with Crippen molar-refractivity contribution in [2.75, 3.05) is 6.61 Å². The third-order valence-electron chi connectivity index (χ3n) is 2.51. The van der Waals surface area contributed by atoms with Crippen LogP contribution in [-0.2, 0) is 11.2 Å². The summed E-state index contributed by atoms with van der Waals surface area (Å²) in [6.45, 7) is -2.57. The van der Waals surface area contributed by atoms with E-state index < -0.39 is 6.61 Å². The van der Waals surface area contributed by atoms with E-state index in [9.17, 15) is 8.78 Å². The van der Waals surface area contributed by atoms with E-state index in [1.54, 1.807) is 0 Å². The van der Waals surface area contributed by atoms with Crippen LogP contribution in [0.25, 0.3) is 10.9 Å². The van der Waals surface area contributed by atoms with E-state index in [0.29, 0.717) is 6.42 Å². The summed E-state index contributed by atoms with van der Waals surface area (Å²) in [7, 11) is 0. The van der Waals surface area contributed by atoms with Crippen molar-refractivity contribution in [3.8, 4) is 0 Å². The van der Waals surface area contributed by atoms with Crippen LogP contribution in [0.2, 0.25) is 0 Å². The predicted octanol–water partition coefficient (Wildman–Crippen LogP) is 3.34. The van der Waals surface area contributed by atoms with Gasteiger partial charge < -0.3 is 9.72 Å². The number of fused-ring (bicyclic) bond motifs is 1. The molecule has 0 atom stereocenters. The molecule has 2 rings (SSSR count). The maximum absolute atomic E-state index is 11.7. The fraction of sp³-hybridized carbons (Fsp3) is 0.333. The highest BCUT2D eigenvalue weighted by atomic mass is 19.3. The van der Waals surface area contributed by atoms with E-state index in [-0.39, 0.29) is 6.61 Å². The number of H-pyrrole nitrogens is 1. The molecule has 0 fully saturated rings. The number of aryl methyl sites for hydroxylation is 1. The minimum absolute atomic E-state index is 0.0944. The molecule has 0 aliphatic rings. The summed E-state index contributed by atoms with van der Waals surface area (Å²) in [5.41, 5.74) is 2.22. The number of aromatic nitrogens is 1. The van der Waals surface area contributed by atoms with Gasteiger partial charge in [-0.15, -0.1) is 0 Å². The zero-order valence-electron chi connectivity index (χ0n) is 8.75. The number of halogens is 2. The van der Waals surface area contributed by atoms with E-state index in [1.165, 1.54) is 0 Å². The lowest BCUT2D eigenvalue weighted by Crippen LogP contribution is -2.01. The van der Waals surface area contributed by atoms with Crippen LogP contribution in [0.3, 0.4) is 0 Å². The summed E-state index contributed by atoms with van der Waals surface area (Å²) in [4.78, 5) is 3.15. The van der Waals surface area contributed by atoms with Crippen molar-refractivity contribution in [1.29, 1.82) is 0 Å². The highest BCUT2D eigenvalue weighted by Crippen LogP contribution is 2.18. The van der Waals surface area contributed by atoms with E-state index in [0.717, 1.165) is 22.9 Å². The van der Waals surface area contributed by atoms with Gasteiger partial charge in [0.2, 0.25) is 0 Å². The van der Waals surface area contributed by atoms with Crippen molar-refractivity contribution in [1.82, 2.24) is 4.98 Å². The van der Waals surface area contributed by atoms with Crippen molar-refractivity contribution < 1.29 is 13.5 Å². The number of benzene rings is 1. The SMILES string of the molecule is FC(F)OCCCc1c[nH]c2ccccc12. The molecule has 0 saturated heterocycles. The molecule has 2 nitrogen and oxygen atoms in total. The van der Waals surface area contributed by atoms with Gasteiger partial charge in [-0.25, -0.2) is 0 Å². The lowest BCUT2D eigenvalue weighted by Gasteiger charge is -2.01. The zero-order valence-corrected chi connectivity index (χ0v) is 8.75. The summed E-state index contributed by atoms with van der Waals surface area (Å²) in [5, 5.41) is 1.15. The monoisotopic (exact) mass is 225 g/mol. The Morgan fingerprint density at radius 2 is 2.06 bits per heavy atom. The van der Waals surface area contributed by atoms with Crippen molar-refractivity contribution in [3.63, 3.8) is 0 Å².